The Bertz CT molecular complexity index is 1060. The molecule has 1 aliphatic heterocycles. The topological polar surface area (TPSA) is 101 Å². The van der Waals surface area contributed by atoms with Crippen molar-refractivity contribution in [1.29, 1.82) is 0 Å². The van der Waals surface area contributed by atoms with E-state index in [9.17, 15) is 9.59 Å². The molecule has 6 nitrogen and oxygen atoms in total. The van der Waals surface area contributed by atoms with Crippen molar-refractivity contribution in [1.82, 2.24) is 10.2 Å². The fraction of sp³-hybridized carbons (Fsp3) is 0.548. The van der Waals surface area contributed by atoms with E-state index in [0.29, 0.717) is 30.0 Å². The summed E-state index contributed by atoms with van der Waals surface area (Å²) in [4.78, 5) is 26.4. The van der Waals surface area contributed by atoms with Crippen LogP contribution in [0.4, 0.5) is 0 Å². The number of carbonyl (C=O) groups is 2. The lowest BCUT2D eigenvalue weighted by molar-refractivity contribution is 0.0724. The highest BCUT2D eigenvalue weighted by Gasteiger charge is 2.35. The van der Waals surface area contributed by atoms with Crippen molar-refractivity contribution < 1.29 is 9.59 Å². The van der Waals surface area contributed by atoms with Gasteiger partial charge in [-0.05, 0) is 80.3 Å². The highest BCUT2D eigenvalue weighted by atomic mass is 16.2. The molecular weight excluding hydrogens is 460 g/mol. The lowest BCUT2D eigenvalue weighted by atomic mass is 9.95. The SMILES string of the molecule is N[C@@H]1C[C@H]1c1ccc(C(=O)N2CCCCC2)cc1.N[C@@H]1C[C@H]1c1ccc(C(=O)NC2CCCCC2)cc1. The van der Waals surface area contributed by atoms with Crippen LogP contribution in [0.5, 0.6) is 0 Å². The van der Waals surface area contributed by atoms with E-state index in [1.54, 1.807) is 0 Å². The minimum atomic E-state index is 0.0681. The van der Waals surface area contributed by atoms with Crippen LogP contribution in [0.1, 0.15) is 108 Å². The van der Waals surface area contributed by atoms with Gasteiger partial charge in [0.05, 0.1) is 0 Å². The molecule has 6 rings (SSSR count). The second-order valence-corrected chi connectivity index (χ2v) is 11.4. The molecule has 5 N–H and O–H groups in total. The fourth-order valence-electron chi connectivity index (χ4n) is 5.75. The van der Waals surface area contributed by atoms with Gasteiger partial charge in [-0.1, -0.05) is 43.5 Å². The first kappa shape index (κ1) is 25.9. The highest BCUT2D eigenvalue weighted by Crippen LogP contribution is 2.39. The smallest absolute Gasteiger partial charge is 0.253 e. The Balaban J connectivity index is 0.000000152. The second kappa shape index (κ2) is 11.8. The van der Waals surface area contributed by atoms with Crippen LogP contribution in [-0.4, -0.2) is 47.9 Å². The summed E-state index contributed by atoms with van der Waals surface area (Å²) in [5.74, 6) is 1.28. The molecule has 4 fully saturated rings. The normalized spacial score (nSPS) is 27.0. The molecule has 198 valence electrons. The third-order valence-electron chi connectivity index (χ3n) is 8.45. The van der Waals surface area contributed by atoms with Gasteiger partial charge in [-0.15, -0.1) is 0 Å². The molecule has 2 aromatic carbocycles. The summed E-state index contributed by atoms with van der Waals surface area (Å²) in [5, 5.41) is 3.14. The first-order chi connectivity index (χ1) is 18.0. The monoisotopic (exact) mass is 502 g/mol. The third-order valence-corrected chi connectivity index (χ3v) is 8.45. The predicted octanol–water partition coefficient (Wildman–Crippen LogP) is 4.69. The first-order valence-electron chi connectivity index (χ1n) is 14.3. The van der Waals surface area contributed by atoms with Crippen molar-refractivity contribution in [3.63, 3.8) is 0 Å². The van der Waals surface area contributed by atoms with Crippen molar-refractivity contribution in [2.75, 3.05) is 13.1 Å². The molecule has 3 saturated carbocycles. The average Bonchev–Trinajstić information content (AvgIpc) is 3.87. The number of nitrogens with zero attached hydrogens (tertiary/aromatic N) is 1. The minimum Gasteiger partial charge on any atom is -0.349 e. The Morgan fingerprint density at radius 2 is 1.14 bits per heavy atom. The van der Waals surface area contributed by atoms with Gasteiger partial charge in [-0.2, -0.15) is 0 Å². The van der Waals surface area contributed by atoms with Crippen molar-refractivity contribution >= 4 is 11.8 Å². The zero-order valence-electron chi connectivity index (χ0n) is 21.9. The maximum Gasteiger partial charge on any atom is 0.253 e. The van der Waals surface area contributed by atoms with Crippen molar-refractivity contribution in [2.24, 2.45) is 11.5 Å². The van der Waals surface area contributed by atoms with Crippen LogP contribution in [0.15, 0.2) is 48.5 Å². The lowest BCUT2D eigenvalue weighted by Crippen LogP contribution is -2.36. The quantitative estimate of drug-likeness (QED) is 0.552. The first-order valence-corrected chi connectivity index (χ1v) is 14.3. The largest absolute Gasteiger partial charge is 0.349 e. The van der Waals surface area contributed by atoms with Gasteiger partial charge in [-0.25, -0.2) is 0 Å². The Morgan fingerprint density at radius 1 is 0.676 bits per heavy atom. The summed E-state index contributed by atoms with van der Waals surface area (Å²) < 4.78 is 0. The Labute approximate surface area is 221 Å². The standard InChI is InChI=1S/C16H22N2O.C15H20N2O/c17-15-10-14(15)11-6-8-12(9-7-11)16(19)18-13-4-2-1-3-5-13;16-14-10-13(14)11-4-6-12(7-5-11)15(18)17-8-2-1-3-9-17/h6-9,13-15H,1-5,10,17H2,(H,18,19);4-7,13-14H,1-3,8-10,16H2/t14-,15+;13-,14+/m00/s1. The second-order valence-electron chi connectivity index (χ2n) is 11.4. The summed E-state index contributed by atoms with van der Waals surface area (Å²) in [7, 11) is 0. The average molecular weight is 503 g/mol. The number of carbonyl (C=O) groups excluding carboxylic acids is 2. The zero-order valence-corrected chi connectivity index (χ0v) is 21.9. The van der Waals surface area contributed by atoms with Crippen LogP contribution >= 0.6 is 0 Å². The molecule has 0 unspecified atom stereocenters. The van der Waals surface area contributed by atoms with Crippen LogP contribution in [0.3, 0.4) is 0 Å². The molecule has 0 bridgehead atoms. The predicted molar refractivity (Wildman–Crippen MR) is 148 cm³/mol. The molecule has 0 radical (unpaired) electrons. The number of hydrogen-bond acceptors (Lipinski definition) is 4. The number of hydrogen-bond donors (Lipinski definition) is 3. The number of rotatable bonds is 5. The van der Waals surface area contributed by atoms with Crippen molar-refractivity contribution in [2.45, 2.75) is 94.2 Å². The fourth-order valence-corrected chi connectivity index (χ4v) is 5.75. The van der Waals surface area contributed by atoms with Gasteiger partial charge in [0, 0.05) is 54.2 Å². The summed E-state index contributed by atoms with van der Waals surface area (Å²) in [6, 6.07) is 17.0. The lowest BCUT2D eigenvalue weighted by Gasteiger charge is -2.26. The molecule has 3 aliphatic carbocycles. The molecular formula is C31H42N4O2. The van der Waals surface area contributed by atoms with Crippen molar-refractivity contribution in [3.8, 4) is 0 Å². The molecule has 1 heterocycles. The number of likely N-dealkylation sites (tertiary alicyclic amines) is 1. The van der Waals surface area contributed by atoms with E-state index in [1.165, 1.54) is 36.8 Å². The molecule has 2 aromatic rings. The molecule has 2 amide bonds. The molecule has 0 spiro atoms. The molecule has 4 atom stereocenters. The maximum atomic E-state index is 12.3. The molecule has 37 heavy (non-hydrogen) atoms. The minimum absolute atomic E-state index is 0.0681. The van der Waals surface area contributed by atoms with Gasteiger partial charge in [0.1, 0.15) is 0 Å². The van der Waals surface area contributed by atoms with Crippen LogP contribution in [0, 0.1) is 0 Å². The molecule has 1 saturated heterocycles. The van der Waals surface area contributed by atoms with E-state index in [-0.39, 0.29) is 11.8 Å². The summed E-state index contributed by atoms with van der Waals surface area (Å²) in [6.45, 7) is 1.82. The van der Waals surface area contributed by atoms with Crippen molar-refractivity contribution in [3.05, 3.63) is 70.8 Å². The van der Waals surface area contributed by atoms with Crippen LogP contribution in [0.25, 0.3) is 0 Å². The van der Waals surface area contributed by atoms with Gasteiger partial charge in [0.15, 0.2) is 0 Å². The van der Waals surface area contributed by atoms with Gasteiger partial charge in [0.25, 0.3) is 11.8 Å². The summed E-state index contributed by atoms with van der Waals surface area (Å²) in [6.07, 6.45) is 11.7. The van der Waals surface area contributed by atoms with Gasteiger partial charge in [-0.3, -0.25) is 9.59 Å². The summed E-state index contributed by atoms with van der Waals surface area (Å²) >= 11 is 0. The van der Waals surface area contributed by atoms with Gasteiger partial charge >= 0.3 is 0 Å². The van der Waals surface area contributed by atoms with E-state index < -0.39 is 0 Å². The molecule has 4 aliphatic rings. The van der Waals surface area contributed by atoms with E-state index in [2.05, 4.69) is 17.4 Å². The van der Waals surface area contributed by atoms with Crippen LogP contribution in [-0.2, 0) is 0 Å². The summed E-state index contributed by atoms with van der Waals surface area (Å²) in [5.41, 5.74) is 15.8. The van der Waals surface area contributed by atoms with Crippen LogP contribution < -0.4 is 16.8 Å². The Morgan fingerprint density at radius 3 is 1.62 bits per heavy atom. The number of nitrogens with two attached hydrogens (primary N) is 2. The van der Waals surface area contributed by atoms with Crippen LogP contribution in [0.2, 0.25) is 0 Å². The molecule has 6 heteroatoms. The molecule has 0 aromatic heterocycles. The number of benzene rings is 2. The highest BCUT2D eigenvalue weighted by molar-refractivity contribution is 5.94. The van der Waals surface area contributed by atoms with E-state index in [0.717, 1.165) is 62.7 Å². The number of nitrogens with one attached hydrogen (secondary N) is 1. The van der Waals surface area contributed by atoms with E-state index in [4.69, 9.17) is 11.5 Å². The van der Waals surface area contributed by atoms with Gasteiger partial charge in [0.2, 0.25) is 0 Å². The van der Waals surface area contributed by atoms with E-state index in [1.807, 2.05) is 41.3 Å². The number of piperidine rings is 1. The number of amides is 2. The third kappa shape index (κ3) is 6.79. The Kier molecular flexibility index (Phi) is 8.26. The maximum absolute atomic E-state index is 12.3. The Hall–Kier alpha value is -2.70. The van der Waals surface area contributed by atoms with Gasteiger partial charge < -0.3 is 21.7 Å². The zero-order chi connectivity index (χ0) is 25.8. The van der Waals surface area contributed by atoms with E-state index >= 15 is 0 Å².